The summed E-state index contributed by atoms with van der Waals surface area (Å²) in [7, 11) is 0. The molecule has 106 valence electrons. The van der Waals surface area contributed by atoms with Gasteiger partial charge in [-0.15, -0.1) is 0 Å². The van der Waals surface area contributed by atoms with Crippen molar-refractivity contribution in [2.75, 3.05) is 26.2 Å². The number of nitrogens with zero attached hydrogens (tertiary/aromatic N) is 1. The topological polar surface area (TPSA) is 38.5 Å². The number of hydrogen-bond acceptors (Lipinski definition) is 3. The zero-order valence-electron chi connectivity index (χ0n) is 12.1. The van der Waals surface area contributed by atoms with E-state index in [0.29, 0.717) is 12.0 Å². The van der Waals surface area contributed by atoms with Crippen LogP contribution in [0.3, 0.4) is 0 Å². The highest BCUT2D eigenvalue weighted by atomic mass is 16.5. The van der Waals surface area contributed by atoms with Gasteiger partial charge in [-0.2, -0.15) is 0 Å². The molecule has 1 aromatic rings. The average Bonchev–Trinajstić information content (AvgIpc) is 2.47. The third-order valence-electron chi connectivity index (χ3n) is 4.10. The Morgan fingerprint density at radius 3 is 2.95 bits per heavy atom. The molecule has 3 nitrogen and oxygen atoms in total. The normalized spacial score (nSPS) is 22.2. The second kappa shape index (κ2) is 6.92. The van der Waals surface area contributed by atoms with Crippen LogP contribution in [0.15, 0.2) is 24.3 Å². The Kier molecular flexibility index (Phi) is 5.23. The van der Waals surface area contributed by atoms with Crippen molar-refractivity contribution in [1.82, 2.24) is 4.90 Å². The van der Waals surface area contributed by atoms with Gasteiger partial charge in [0.2, 0.25) is 0 Å². The van der Waals surface area contributed by atoms with E-state index in [4.69, 9.17) is 10.5 Å². The molecule has 0 amide bonds. The number of rotatable bonds is 5. The van der Waals surface area contributed by atoms with Crippen LogP contribution in [0.5, 0.6) is 5.75 Å². The van der Waals surface area contributed by atoms with Crippen LogP contribution in [0, 0.1) is 5.92 Å². The number of likely N-dealkylation sites (tertiary alicyclic amines) is 1. The molecule has 1 heterocycles. The number of benzene rings is 1. The third kappa shape index (κ3) is 3.48. The highest BCUT2D eigenvalue weighted by Gasteiger charge is 2.25. The highest BCUT2D eigenvalue weighted by molar-refractivity contribution is 5.35. The van der Waals surface area contributed by atoms with Gasteiger partial charge in [-0.25, -0.2) is 0 Å². The van der Waals surface area contributed by atoms with Crippen LogP contribution in [-0.2, 0) is 0 Å². The molecule has 2 atom stereocenters. The van der Waals surface area contributed by atoms with E-state index in [1.54, 1.807) is 0 Å². The summed E-state index contributed by atoms with van der Waals surface area (Å²) in [5, 5.41) is 0. The van der Waals surface area contributed by atoms with E-state index in [1.807, 2.05) is 13.0 Å². The molecule has 2 rings (SSSR count). The molecule has 0 spiro atoms. The predicted molar refractivity (Wildman–Crippen MR) is 79.4 cm³/mol. The van der Waals surface area contributed by atoms with Gasteiger partial charge in [0.1, 0.15) is 5.75 Å². The molecule has 0 aromatic heterocycles. The van der Waals surface area contributed by atoms with Gasteiger partial charge in [0.05, 0.1) is 6.61 Å². The Balaban J connectivity index is 2.12. The first-order valence-corrected chi connectivity index (χ1v) is 7.42. The Bertz CT molecular complexity index is 394. The molecule has 0 radical (unpaired) electrons. The lowest BCUT2D eigenvalue weighted by Gasteiger charge is -2.37. The van der Waals surface area contributed by atoms with Gasteiger partial charge in [0.15, 0.2) is 0 Å². The summed E-state index contributed by atoms with van der Waals surface area (Å²) in [5.41, 5.74) is 7.12. The molecular formula is C16H26N2O. The van der Waals surface area contributed by atoms with Crippen molar-refractivity contribution in [3.05, 3.63) is 29.8 Å². The zero-order valence-corrected chi connectivity index (χ0v) is 12.1. The Hall–Kier alpha value is -1.06. The molecule has 2 N–H and O–H groups in total. The molecule has 0 bridgehead atoms. The summed E-state index contributed by atoms with van der Waals surface area (Å²) in [6.07, 6.45) is 2.52. The molecule has 1 fully saturated rings. The van der Waals surface area contributed by atoms with E-state index in [0.717, 1.165) is 32.0 Å². The summed E-state index contributed by atoms with van der Waals surface area (Å²) in [5.74, 6) is 1.67. The zero-order chi connectivity index (χ0) is 13.7. The van der Waals surface area contributed by atoms with Crippen molar-refractivity contribution >= 4 is 0 Å². The predicted octanol–water partition coefficient (Wildman–Crippen LogP) is 2.82. The maximum Gasteiger partial charge on any atom is 0.124 e. The van der Waals surface area contributed by atoms with Crippen molar-refractivity contribution < 1.29 is 4.74 Å². The van der Waals surface area contributed by atoms with Crippen LogP contribution < -0.4 is 10.5 Å². The summed E-state index contributed by atoms with van der Waals surface area (Å²) in [4.78, 5) is 2.54. The molecule has 19 heavy (non-hydrogen) atoms. The number of piperidine rings is 1. The first-order chi connectivity index (χ1) is 9.26. The van der Waals surface area contributed by atoms with Crippen LogP contribution >= 0.6 is 0 Å². The van der Waals surface area contributed by atoms with Crippen molar-refractivity contribution in [2.24, 2.45) is 11.7 Å². The fourth-order valence-corrected chi connectivity index (χ4v) is 2.95. The fraction of sp³-hybridized carbons (Fsp3) is 0.625. The summed E-state index contributed by atoms with van der Waals surface area (Å²) >= 11 is 0. The quantitative estimate of drug-likeness (QED) is 0.887. The second-order valence-electron chi connectivity index (χ2n) is 5.39. The first-order valence-electron chi connectivity index (χ1n) is 7.42. The standard InChI is InChI=1S/C16H26N2O/c1-3-19-16-9-5-4-8-15(16)13(2)18-10-6-7-14(11-17)12-18/h4-5,8-9,13-14H,3,6-7,10-12,17H2,1-2H3. The molecule has 3 heteroatoms. The molecule has 1 aliphatic heterocycles. The Labute approximate surface area is 116 Å². The minimum atomic E-state index is 0.400. The van der Waals surface area contributed by atoms with Crippen LogP contribution in [0.1, 0.15) is 38.3 Å². The minimum absolute atomic E-state index is 0.400. The monoisotopic (exact) mass is 262 g/mol. The molecular weight excluding hydrogens is 236 g/mol. The van der Waals surface area contributed by atoms with Gasteiger partial charge >= 0.3 is 0 Å². The highest BCUT2D eigenvalue weighted by Crippen LogP contribution is 2.31. The van der Waals surface area contributed by atoms with E-state index < -0.39 is 0 Å². The van der Waals surface area contributed by atoms with Crippen molar-refractivity contribution in [3.8, 4) is 5.75 Å². The molecule has 0 saturated carbocycles. The molecule has 0 aliphatic carbocycles. The van der Waals surface area contributed by atoms with Gasteiger partial charge in [0, 0.05) is 18.2 Å². The smallest absolute Gasteiger partial charge is 0.124 e. The average molecular weight is 262 g/mol. The largest absolute Gasteiger partial charge is 0.494 e. The van der Waals surface area contributed by atoms with Gasteiger partial charge in [-0.1, -0.05) is 18.2 Å². The first kappa shape index (κ1) is 14.4. The van der Waals surface area contributed by atoms with Crippen LogP contribution in [0.25, 0.3) is 0 Å². The van der Waals surface area contributed by atoms with Crippen LogP contribution in [0.2, 0.25) is 0 Å². The summed E-state index contributed by atoms with van der Waals surface area (Å²) < 4.78 is 5.75. The number of nitrogens with two attached hydrogens (primary N) is 1. The Morgan fingerprint density at radius 1 is 1.42 bits per heavy atom. The lowest BCUT2D eigenvalue weighted by molar-refractivity contribution is 0.132. The lowest BCUT2D eigenvalue weighted by atomic mass is 9.95. The SMILES string of the molecule is CCOc1ccccc1C(C)N1CCCC(CN)C1. The van der Waals surface area contributed by atoms with E-state index in [-0.39, 0.29) is 0 Å². The third-order valence-corrected chi connectivity index (χ3v) is 4.10. The van der Waals surface area contributed by atoms with Gasteiger partial charge in [0.25, 0.3) is 0 Å². The Morgan fingerprint density at radius 2 is 2.21 bits per heavy atom. The minimum Gasteiger partial charge on any atom is -0.494 e. The van der Waals surface area contributed by atoms with Crippen LogP contribution in [-0.4, -0.2) is 31.1 Å². The van der Waals surface area contributed by atoms with Crippen molar-refractivity contribution in [2.45, 2.75) is 32.7 Å². The maximum absolute atomic E-state index is 5.83. The fourth-order valence-electron chi connectivity index (χ4n) is 2.95. The number of hydrogen-bond donors (Lipinski definition) is 1. The molecule has 2 unspecified atom stereocenters. The number of para-hydroxylation sites is 1. The van der Waals surface area contributed by atoms with Gasteiger partial charge in [-0.3, -0.25) is 4.90 Å². The molecule has 1 saturated heterocycles. The van der Waals surface area contributed by atoms with Crippen molar-refractivity contribution in [1.29, 1.82) is 0 Å². The summed E-state index contributed by atoms with van der Waals surface area (Å²) in [6, 6.07) is 8.79. The van der Waals surface area contributed by atoms with Gasteiger partial charge in [-0.05, 0) is 51.8 Å². The molecule has 1 aromatic carbocycles. The molecule has 1 aliphatic rings. The number of ether oxygens (including phenoxy) is 1. The maximum atomic E-state index is 5.83. The van der Waals surface area contributed by atoms with Crippen molar-refractivity contribution in [3.63, 3.8) is 0 Å². The van der Waals surface area contributed by atoms with Gasteiger partial charge < -0.3 is 10.5 Å². The lowest BCUT2D eigenvalue weighted by Crippen LogP contribution is -2.39. The van der Waals surface area contributed by atoms with E-state index in [1.165, 1.54) is 18.4 Å². The summed E-state index contributed by atoms with van der Waals surface area (Å²) in [6.45, 7) is 8.10. The van der Waals surface area contributed by atoms with E-state index in [9.17, 15) is 0 Å². The van der Waals surface area contributed by atoms with E-state index >= 15 is 0 Å². The van der Waals surface area contributed by atoms with Crippen LogP contribution in [0.4, 0.5) is 0 Å². The second-order valence-corrected chi connectivity index (χ2v) is 5.39. The van der Waals surface area contributed by atoms with E-state index in [2.05, 4.69) is 30.0 Å².